The molecule has 2 N–H and O–H groups in total. The van der Waals surface area contributed by atoms with Crippen molar-refractivity contribution in [3.8, 4) is 0 Å². The number of carbonyl (C=O) groups is 1. The molecule has 1 aromatic heterocycles. The molecule has 5 nitrogen and oxygen atoms in total. The Hall–Kier alpha value is -1.62. The molecule has 2 heterocycles. The van der Waals surface area contributed by atoms with Crippen LogP contribution in [0.1, 0.15) is 23.3 Å². The minimum absolute atomic E-state index is 0.149. The quantitative estimate of drug-likeness (QED) is 0.820. The number of likely N-dealkylation sites (N-methyl/N-ethyl adjacent to an activating group) is 1. The standard InChI is InChI=1S/C13H20N4O/c1-14-13(18)12-8-11(5-7-16-12)17(2)9-10-4-3-6-15-10/h5,7-8,10,15H,3-4,6,9H2,1-2H3,(H,14,18). The van der Waals surface area contributed by atoms with Crippen molar-refractivity contribution in [2.24, 2.45) is 0 Å². The Morgan fingerprint density at radius 2 is 2.50 bits per heavy atom. The summed E-state index contributed by atoms with van der Waals surface area (Å²) in [6.07, 6.45) is 4.15. The van der Waals surface area contributed by atoms with E-state index in [2.05, 4.69) is 20.5 Å². The summed E-state index contributed by atoms with van der Waals surface area (Å²) in [5.41, 5.74) is 1.48. The van der Waals surface area contributed by atoms with Crippen molar-refractivity contribution in [3.63, 3.8) is 0 Å². The van der Waals surface area contributed by atoms with E-state index in [4.69, 9.17) is 0 Å². The second-order valence-electron chi connectivity index (χ2n) is 4.65. The van der Waals surface area contributed by atoms with Gasteiger partial charge in [0, 0.05) is 38.6 Å². The van der Waals surface area contributed by atoms with Gasteiger partial charge in [-0.3, -0.25) is 9.78 Å². The molecule has 1 aliphatic heterocycles. The smallest absolute Gasteiger partial charge is 0.269 e. The number of rotatable bonds is 4. The van der Waals surface area contributed by atoms with Crippen LogP contribution >= 0.6 is 0 Å². The molecule has 0 aromatic carbocycles. The Morgan fingerprint density at radius 3 is 3.17 bits per heavy atom. The Bertz CT molecular complexity index is 415. The van der Waals surface area contributed by atoms with E-state index in [1.165, 1.54) is 12.8 Å². The highest BCUT2D eigenvalue weighted by Gasteiger charge is 2.16. The molecule has 0 aliphatic carbocycles. The summed E-state index contributed by atoms with van der Waals surface area (Å²) >= 11 is 0. The van der Waals surface area contributed by atoms with Crippen molar-refractivity contribution < 1.29 is 4.79 Å². The zero-order chi connectivity index (χ0) is 13.0. The summed E-state index contributed by atoms with van der Waals surface area (Å²) in [4.78, 5) is 17.8. The molecule has 0 radical (unpaired) electrons. The molecule has 0 spiro atoms. The molecule has 2 rings (SSSR count). The lowest BCUT2D eigenvalue weighted by molar-refractivity contribution is 0.0958. The maximum Gasteiger partial charge on any atom is 0.269 e. The van der Waals surface area contributed by atoms with E-state index < -0.39 is 0 Å². The minimum Gasteiger partial charge on any atom is -0.373 e. The molecule has 1 aliphatic rings. The number of aromatic nitrogens is 1. The average Bonchev–Trinajstić information content (AvgIpc) is 2.90. The third kappa shape index (κ3) is 2.98. The zero-order valence-electron chi connectivity index (χ0n) is 10.9. The molecular formula is C13H20N4O. The summed E-state index contributed by atoms with van der Waals surface area (Å²) in [7, 11) is 3.66. The Balaban J connectivity index is 2.04. The highest BCUT2D eigenvalue weighted by atomic mass is 16.1. The molecule has 18 heavy (non-hydrogen) atoms. The van der Waals surface area contributed by atoms with Crippen molar-refractivity contribution in [3.05, 3.63) is 24.0 Å². The first-order valence-electron chi connectivity index (χ1n) is 6.33. The van der Waals surface area contributed by atoms with Gasteiger partial charge in [-0.2, -0.15) is 0 Å². The predicted octanol–water partition coefficient (Wildman–Crippen LogP) is 0.629. The minimum atomic E-state index is -0.149. The summed E-state index contributed by atoms with van der Waals surface area (Å²) in [5, 5.41) is 6.06. The van der Waals surface area contributed by atoms with Crippen LogP contribution in [0.3, 0.4) is 0 Å². The Labute approximate surface area is 108 Å². The Kier molecular flexibility index (Phi) is 4.15. The van der Waals surface area contributed by atoms with Crippen molar-refractivity contribution in [2.45, 2.75) is 18.9 Å². The topological polar surface area (TPSA) is 57.3 Å². The number of hydrogen-bond donors (Lipinski definition) is 2. The maximum atomic E-state index is 11.5. The van der Waals surface area contributed by atoms with Gasteiger partial charge >= 0.3 is 0 Å². The number of nitrogens with one attached hydrogen (secondary N) is 2. The molecule has 5 heteroatoms. The van der Waals surface area contributed by atoms with Crippen LogP contribution in [-0.4, -0.2) is 44.1 Å². The lowest BCUT2D eigenvalue weighted by Crippen LogP contribution is -2.35. The van der Waals surface area contributed by atoms with Gasteiger partial charge in [-0.15, -0.1) is 0 Å². The molecular weight excluding hydrogens is 228 g/mol. The Morgan fingerprint density at radius 1 is 1.67 bits per heavy atom. The van der Waals surface area contributed by atoms with E-state index in [1.54, 1.807) is 13.2 Å². The van der Waals surface area contributed by atoms with Crippen LogP contribution in [-0.2, 0) is 0 Å². The molecule has 0 bridgehead atoms. The van der Waals surface area contributed by atoms with E-state index in [0.29, 0.717) is 11.7 Å². The zero-order valence-corrected chi connectivity index (χ0v) is 10.9. The van der Waals surface area contributed by atoms with Gasteiger partial charge < -0.3 is 15.5 Å². The molecule has 1 fully saturated rings. The average molecular weight is 248 g/mol. The fourth-order valence-electron chi connectivity index (χ4n) is 2.26. The lowest BCUT2D eigenvalue weighted by Gasteiger charge is -2.23. The largest absolute Gasteiger partial charge is 0.373 e. The van der Waals surface area contributed by atoms with Gasteiger partial charge in [-0.05, 0) is 31.5 Å². The fraction of sp³-hybridized carbons (Fsp3) is 0.538. The van der Waals surface area contributed by atoms with Gasteiger partial charge in [0.15, 0.2) is 0 Å². The van der Waals surface area contributed by atoms with Crippen LogP contribution in [0.4, 0.5) is 5.69 Å². The summed E-state index contributed by atoms with van der Waals surface area (Å²) < 4.78 is 0. The first-order valence-corrected chi connectivity index (χ1v) is 6.33. The van der Waals surface area contributed by atoms with Crippen LogP contribution < -0.4 is 15.5 Å². The number of amides is 1. The van der Waals surface area contributed by atoms with Gasteiger partial charge in [-0.25, -0.2) is 0 Å². The molecule has 1 atom stereocenters. The molecule has 1 amide bonds. The van der Waals surface area contributed by atoms with E-state index in [1.807, 2.05) is 19.2 Å². The number of carbonyl (C=O) groups excluding carboxylic acids is 1. The molecule has 1 unspecified atom stereocenters. The van der Waals surface area contributed by atoms with Crippen LogP contribution in [0.25, 0.3) is 0 Å². The normalized spacial score (nSPS) is 18.7. The van der Waals surface area contributed by atoms with Crippen LogP contribution in [0, 0.1) is 0 Å². The number of pyridine rings is 1. The third-order valence-corrected chi connectivity index (χ3v) is 3.30. The van der Waals surface area contributed by atoms with E-state index in [9.17, 15) is 4.79 Å². The molecule has 0 saturated carbocycles. The number of hydrogen-bond acceptors (Lipinski definition) is 4. The summed E-state index contributed by atoms with van der Waals surface area (Å²) in [6, 6.07) is 4.31. The van der Waals surface area contributed by atoms with Gasteiger partial charge in [0.2, 0.25) is 0 Å². The van der Waals surface area contributed by atoms with E-state index in [-0.39, 0.29) is 5.91 Å². The van der Waals surface area contributed by atoms with Crippen molar-refractivity contribution in [1.29, 1.82) is 0 Å². The number of anilines is 1. The van der Waals surface area contributed by atoms with Gasteiger partial charge in [0.25, 0.3) is 5.91 Å². The summed E-state index contributed by atoms with van der Waals surface area (Å²) in [5.74, 6) is -0.149. The van der Waals surface area contributed by atoms with Gasteiger partial charge in [0.1, 0.15) is 5.69 Å². The van der Waals surface area contributed by atoms with Crippen molar-refractivity contribution >= 4 is 11.6 Å². The van der Waals surface area contributed by atoms with E-state index >= 15 is 0 Å². The van der Waals surface area contributed by atoms with Crippen molar-refractivity contribution in [1.82, 2.24) is 15.6 Å². The first-order chi connectivity index (χ1) is 8.70. The molecule has 98 valence electrons. The van der Waals surface area contributed by atoms with Gasteiger partial charge in [0.05, 0.1) is 0 Å². The highest BCUT2D eigenvalue weighted by molar-refractivity contribution is 5.92. The molecule has 1 saturated heterocycles. The molecule has 1 aromatic rings. The number of nitrogens with zero attached hydrogens (tertiary/aromatic N) is 2. The second-order valence-corrected chi connectivity index (χ2v) is 4.65. The highest BCUT2D eigenvalue weighted by Crippen LogP contribution is 2.15. The predicted molar refractivity (Wildman–Crippen MR) is 71.9 cm³/mol. The monoisotopic (exact) mass is 248 g/mol. The first kappa shape index (κ1) is 12.8. The summed E-state index contributed by atoms with van der Waals surface area (Å²) in [6.45, 7) is 2.07. The van der Waals surface area contributed by atoms with Crippen LogP contribution in [0.5, 0.6) is 0 Å². The van der Waals surface area contributed by atoms with Gasteiger partial charge in [-0.1, -0.05) is 0 Å². The van der Waals surface area contributed by atoms with Crippen LogP contribution in [0.2, 0.25) is 0 Å². The fourth-order valence-corrected chi connectivity index (χ4v) is 2.26. The SMILES string of the molecule is CNC(=O)c1cc(N(C)CC2CCCN2)ccn1. The second kappa shape index (κ2) is 5.82. The maximum absolute atomic E-state index is 11.5. The van der Waals surface area contributed by atoms with Crippen molar-refractivity contribution in [2.75, 3.05) is 32.1 Å². The lowest BCUT2D eigenvalue weighted by atomic mass is 10.2. The van der Waals surface area contributed by atoms with E-state index in [0.717, 1.165) is 18.8 Å². The van der Waals surface area contributed by atoms with Crippen LogP contribution in [0.15, 0.2) is 18.3 Å². The third-order valence-electron chi connectivity index (χ3n) is 3.30.